The molecule has 0 saturated heterocycles. The maximum Gasteiger partial charge on any atom is 0.222 e. The Hall–Kier alpha value is 0.0700. The Kier molecular flexibility index (Phi) is 5.87. The van der Waals surface area contributed by atoms with E-state index in [1.165, 1.54) is 6.08 Å². The van der Waals surface area contributed by atoms with E-state index in [4.69, 9.17) is 0 Å². The van der Waals surface area contributed by atoms with Gasteiger partial charge in [-0.05, 0) is 31.0 Å². The van der Waals surface area contributed by atoms with E-state index < -0.39 is 0 Å². The van der Waals surface area contributed by atoms with Crippen molar-refractivity contribution in [2.75, 3.05) is 20.6 Å². The monoisotopic (exact) mass is 177 g/mol. The van der Waals surface area contributed by atoms with E-state index in [2.05, 4.69) is 11.7 Å². The van der Waals surface area contributed by atoms with Gasteiger partial charge in [0, 0.05) is 6.54 Å². The highest BCUT2D eigenvalue weighted by Gasteiger charge is 1.90. The molecule has 0 aliphatic carbocycles. The van der Waals surface area contributed by atoms with E-state index in [0.29, 0.717) is 0 Å². The van der Waals surface area contributed by atoms with Crippen molar-refractivity contribution in [2.45, 2.75) is 0 Å². The molecular formula is C6H11NOS2. The zero-order chi connectivity index (χ0) is 7.98. The summed E-state index contributed by atoms with van der Waals surface area (Å²) >= 11 is 3.74. The van der Waals surface area contributed by atoms with Gasteiger partial charge in [-0.15, -0.1) is 11.7 Å². The lowest BCUT2D eigenvalue weighted by molar-refractivity contribution is -0.106. The number of rotatable bonds is 3. The van der Waals surface area contributed by atoms with Gasteiger partial charge in [-0.2, -0.15) is 0 Å². The average Bonchev–Trinajstić information content (AvgIpc) is 1.87. The Balaban J connectivity index is 3.46. The van der Waals surface area contributed by atoms with E-state index >= 15 is 0 Å². The van der Waals surface area contributed by atoms with Crippen LogP contribution in [0.2, 0.25) is 0 Å². The van der Waals surface area contributed by atoms with Gasteiger partial charge in [0.05, 0.1) is 0 Å². The molecule has 0 heterocycles. The first-order valence-corrected chi connectivity index (χ1v) is 4.70. The summed E-state index contributed by atoms with van der Waals surface area (Å²) in [6, 6.07) is 0. The average molecular weight is 177 g/mol. The predicted molar refractivity (Wildman–Crippen MR) is 49.3 cm³/mol. The quantitative estimate of drug-likeness (QED) is 0.397. The third kappa shape index (κ3) is 6.19. The highest BCUT2D eigenvalue weighted by Crippen LogP contribution is 2.06. The van der Waals surface area contributed by atoms with E-state index in [1.807, 2.05) is 25.1 Å². The minimum atomic E-state index is -0.0230. The number of hydrogen-bond donors (Lipinski definition) is 1. The SMILES string of the molecule is CN(C)C/C=C/C(=O)SS. The summed E-state index contributed by atoms with van der Waals surface area (Å²) in [5.41, 5.74) is 0. The normalized spacial score (nSPS) is 11.2. The van der Waals surface area contributed by atoms with E-state index in [9.17, 15) is 4.79 Å². The van der Waals surface area contributed by atoms with Gasteiger partial charge in [0.1, 0.15) is 0 Å². The summed E-state index contributed by atoms with van der Waals surface area (Å²) in [6.45, 7) is 0.792. The van der Waals surface area contributed by atoms with Crippen LogP contribution in [0.3, 0.4) is 0 Å². The molecule has 0 N–H and O–H groups in total. The number of carbonyl (C=O) groups is 1. The second-order valence-electron chi connectivity index (χ2n) is 2.07. The summed E-state index contributed by atoms with van der Waals surface area (Å²) in [5.74, 6) is 0. The third-order valence-corrected chi connectivity index (χ3v) is 1.67. The summed E-state index contributed by atoms with van der Waals surface area (Å²) in [6.07, 6.45) is 3.34. The summed E-state index contributed by atoms with van der Waals surface area (Å²) in [5, 5.41) is -0.0230. The molecule has 0 spiro atoms. The second-order valence-corrected chi connectivity index (χ2v) is 3.21. The first-order valence-electron chi connectivity index (χ1n) is 2.83. The van der Waals surface area contributed by atoms with E-state index in [1.54, 1.807) is 0 Å². The zero-order valence-corrected chi connectivity index (χ0v) is 7.78. The van der Waals surface area contributed by atoms with Crippen molar-refractivity contribution < 1.29 is 4.79 Å². The third-order valence-electron chi connectivity index (χ3n) is 0.814. The summed E-state index contributed by atoms with van der Waals surface area (Å²) in [4.78, 5) is 12.6. The molecule has 0 rings (SSSR count). The van der Waals surface area contributed by atoms with Crippen molar-refractivity contribution >= 4 is 27.6 Å². The van der Waals surface area contributed by atoms with Crippen molar-refractivity contribution in [3.63, 3.8) is 0 Å². The molecule has 0 bridgehead atoms. The molecule has 4 heteroatoms. The van der Waals surface area contributed by atoms with Gasteiger partial charge in [0.25, 0.3) is 0 Å². The number of likely N-dealkylation sites (N-methyl/N-ethyl adjacent to an activating group) is 1. The second kappa shape index (κ2) is 5.82. The van der Waals surface area contributed by atoms with Crippen LogP contribution in [0, 0.1) is 0 Å². The Labute approximate surface area is 70.5 Å². The molecule has 0 aromatic rings. The van der Waals surface area contributed by atoms with Crippen molar-refractivity contribution in [1.29, 1.82) is 0 Å². The van der Waals surface area contributed by atoms with Crippen LogP contribution in [-0.4, -0.2) is 30.7 Å². The Morgan fingerprint density at radius 3 is 2.70 bits per heavy atom. The van der Waals surface area contributed by atoms with Crippen LogP contribution in [0.1, 0.15) is 0 Å². The van der Waals surface area contributed by atoms with Crippen LogP contribution >= 0.6 is 22.5 Å². The van der Waals surface area contributed by atoms with Gasteiger partial charge in [-0.3, -0.25) is 4.79 Å². The Morgan fingerprint density at radius 2 is 2.30 bits per heavy atom. The van der Waals surface area contributed by atoms with Gasteiger partial charge in [0.2, 0.25) is 5.12 Å². The minimum absolute atomic E-state index is 0.0230. The van der Waals surface area contributed by atoms with Crippen molar-refractivity contribution in [3.8, 4) is 0 Å². The van der Waals surface area contributed by atoms with Crippen molar-refractivity contribution in [3.05, 3.63) is 12.2 Å². The Morgan fingerprint density at radius 1 is 1.70 bits per heavy atom. The van der Waals surface area contributed by atoms with Gasteiger partial charge < -0.3 is 4.90 Å². The van der Waals surface area contributed by atoms with Crippen LogP contribution in [0.5, 0.6) is 0 Å². The molecule has 0 aliphatic heterocycles. The molecule has 0 radical (unpaired) electrons. The van der Waals surface area contributed by atoms with Crippen molar-refractivity contribution in [2.24, 2.45) is 0 Å². The zero-order valence-electron chi connectivity index (χ0n) is 6.07. The predicted octanol–water partition coefficient (Wildman–Crippen LogP) is 1.21. The molecule has 0 fully saturated rings. The van der Waals surface area contributed by atoms with Crippen LogP contribution in [0.25, 0.3) is 0 Å². The van der Waals surface area contributed by atoms with Crippen LogP contribution in [-0.2, 0) is 4.79 Å². The number of carbonyl (C=O) groups excluding carboxylic acids is 1. The first-order chi connectivity index (χ1) is 4.66. The lowest BCUT2D eigenvalue weighted by atomic mass is 10.5. The lowest BCUT2D eigenvalue weighted by Gasteiger charge is -2.02. The molecule has 0 amide bonds. The van der Waals surface area contributed by atoms with E-state index in [0.717, 1.165) is 17.3 Å². The molecule has 58 valence electrons. The number of hydrogen-bond acceptors (Lipinski definition) is 4. The largest absolute Gasteiger partial charge is 0.306 e. The van der Waals surface area contributed by atoms with Crippen molar-refractivity contribution in [1.82, 2.24) is 4.90 Å². The molecule has 0 unspecified atom stereocenters. The molecule has 0 aromatic carbocycles. The van der Waals surface area contributed by atoms with E-state index in [-0.39, 0.29) is 5.12 Å². The molecular weight excluding hydrogens is 166 g/mol. The minimum Gasteiger partial charge on any atom is -0.306 e. The fraction of sp³-hybridized carbons (Fsp3) is 0.500. The maximum absolute atomic E-state index is 10.6. The Bertz CT molecular complexity index is 134. The molecule has 0 atom stereocenters. The topological polar surface area (TPSA) is 20.3 Å². The fourth-order valence-electron chi connectivity index (χ4n) is 0.390. The summed E-state index contributed by atoms with van der Waals surface area (Å²) < 4.78 is 0. The van der Waals surface area contributed by atoms with Gasteiger partial charge in [-0.1, -0.05) is 6.08 Å². The van der Waals surface area contributed by atoms with Gasteiger partial charge in [-0.25, -0.2) is 0 Å². The molecule has 2 nitrogen and oxygen atoms in total. The lowest BCUT2D eigenvalue weighted by Crippen LogP contribution is -2.10. The molecule has 0 aromatic heterocycles. The molecule has 10 heavy (non-hydrogen) atoms. The number of nitrogens with zero attached hydrogens (tertiary/aromatic N) is 1. The standard InChI is InChI=1S/C6H11NOS2/c1-7(2)5-3-4-6(8)10-9/h3-4,9H,5H2,1-2H3/b4-3+. The van der Waals surface area contributed by atoms with Crippen LogP contribution in [0.15, 0.2) is 12.2 Å². The summed E-state index contributed by atoms with van der Waals surface area (Å²) in [7, 11) is 4.82. The molecule has 0 aliphatic rings. The first kappa shape index (κ1) is 10.1. The van der Waals surface area contributed by atoms with Crippen LogP contribution < -0.4 is 0 Å². The van der Waals surface area contributed by atoms with Gasteiger partial charge in [0.15, 0.2) is 0 Å². The van der Waals surface area contributed by atoms with Gasteiger partial charge >= 0.3 is 0 Å². The van der Waals surface area contributed by atoms with Crippen LogP contribution in [0.4, 0.5) is 0 Å². The highest BCUT2D eigenvalue weighted by molar-refractivity contribution is 8.75. The fourth-order valence-corrected chi connectivity index (χ4v) is 0.730. The number of thiol groups is 1. The smallest absolute Gasteiger partial charge is 0.222 e. The highest BCUT2D eigenvalue weighted by atomic mass is 33.1. The maximum atomic E-state index is 10.6. The molecule has 0 saturated carbocycles.